The lowest BCUT2D eigenvalue weighted by Gasteiger charge is -2.33. The largest absolute Gasteiger partial charge is 0.354 e. The zero-order chi connectivity index (χ0) is 20.8. The summed E-state index contributed by atoms with van der Waals surface area (Å²) in [5, 5.41) is 3.74. The van der Waals surface area contributed by atoms with Crippen LogP contribution in [0, 0.1) is 0 Å². The van der Waals surface area contributed by atoms with Crippen LogP contribution in [-0.4, -0.2) is 60.0 Å². The summed E-state index contributed by atoms with van der Waals surface area (Å²) in [4.78, 5) is 26.5. The molecule has 0 saturated carbocycles. The summed E-state index contributed by atoms with van der Waals surface area (Å²) in [6.45, 7) is 10.2. The number of aryl methyl sites for hydroxylation is 1. The molecule has 0 atom stereocenters. The maximum absolute atomic E-state index is 12.3. The Balaban J connectivity index is 1.70. The minimum atomic E-state index is -0.0339. The summed E-state index contributed by atoms with van der Waals surface area (Å²) < 4.78 is 0. The molecule has 1 aromatic heterocycles. The number of aromatic nitrogens is 2. The average molecular weight is 414 g/mol. The predicted molar refractivity (Wildman–Crippen MR) is 120 cm³/mol. The number of likely N-dealkylation sites (N-methyl/N-ethyl adjacent to an activating group) is 1. The molecule has 1 amide bonds. The highest BCUT2D eigenvalue weighted by molar-refractivity contribution is 7.98. The van der Waals surface area contributed by atoms with Crippen LogP contribution in [0.5, 0.6) is 0 Å². The Kier molecular flexibility index (Phi) is 7.50. The number of carbonyl (C=O) groups is 1. The average Bonchev–Trinajstić information content (AvgIpc) is 2.72. The van der Waals surface area contributed by atoms with Crippen LogP contribution in [-0.2, 0) is 12.2 Å². The van der Waals surface area contributed by atoms with Crippen LogP contribution in [0.15, 0.2) is 35.5 Å². The van der Waals surface area contributed by atoms with Crippen molar-refractivity contribution in [1.29, 1.82) is 0 Å². The fourth-order valence-electron chi connectivity index (χ4n) is 3.20. The Morgan fingerprint density at radius 3 is 2.62 bits per heavy atom. The van der Waals surface area contributed by atoms with Gasteiger partial charge in [0.15, 0.2) is 5.16 Å². The minimum absolute atomic E-state index is 0.0339. The van der Waals surface area contributed by atoms with Gasteiger partial charge in [0.1, 0.15) is 5.82 Å². The van der Waals surface area contributed by atoms with Gasteiger partial charge in [-0.3, -0.25) is 4.79 Å². The van der Waals surface area contributed by atoms with Gasteiger partial charge < -0.3 is 15.1 Å². The Labute approximate surface area is 178 Å². The molecule has 1 aromatic carbocycles. The smallest absolute Gasteiger partial charge is 0.251 e. The summed E-state index contributed by atoms with van der Waals surface area (Å²) in [6, 6.07) is 10.0. The fourth-order valence-corrected chi connectivity index (χ4v) is 4.01. The number of anilines is 1. The van der Waals surface area contributed by atoms with E-state index in [1.54, 1.807) is 11.8 Å². The van der Waals surface area contributed by atoms with Gasteiger partial charge in [0, 0.05) is 55.3 Å². The van der Waals surface area contributed by atoms with Crippen molar-refractivity contribution in [1.82, 2.24) is 20.2 Å². The molecule has 0 radical (unpaired) electrons. The normalized spacial score (nSPS) is 15.0. The van der Waals surface area contributed by atoms with E-state index in [1.165, 1.54) is 0 Å². The number of piperazine rings is 1. The zero-order valence-corrected chi connectivity index (χ0v) is 18.6. The molecular formula is C22H31N5OS. The topological polar surface area (TPSA) is 61.4 Å². The highest BCUT2D eigenvalue weighted by Gasteiger charge is 2.17. The number of amides is 1. The molecular weight excluding hydrogens is 382 g/mol. The van der Waals surface area contributed by atoms with Gasteiger partial charge >= 0.3 is 0 Å². The Morgan fingerprint density at radius 1 is 1.17 bits per heavy atom. The van der Waals surface area contributed by atoms with Gasteiger partial charge in [0.25, 0.3) is 5.91 Å². The maximum atomic E-state index is 12.3. The van der Waals surface area contributed by atoms with E-state index < -0.39 is 0 Å². The second-order valence-electron chi connectivity index (χ2n) is 7.76. The molecule has 0 unspecified atom stereocenters. The number of carbonyl (C=O) groups excluding carboxylic acids is 1. The fraction of sp³-hybridized carbons (Fsp3) is 0.500. The molecule has 0 bridgehead atoms. The van der Waals surface area contributed by atoms with Gasteiger partial charge in [-0.25, -0.2) is 9.97 Å². The van der Waals surface area contributed by atoms with Gasteiger partial charge in [-0.2, -0.15) is 0 Å². The van der Waals surface area contributed by atoms with E-state index in [0.29, 0.717) is 5.56 Å². The van der Waals surface area contributed by atoms with Crippen LogP contribution in [0.25, 0.3) is 0 Å². The van der Waals surface area contributed by atoms with Crippen LogP contribution in [0.2, 0.25) is 0 Å². The molecule has 1 fully saturated rings. The number of hydrogen-bond donors (Lipinski definition) is 1. The van der Waals surface area contributed by atoms with E-state index in [-0.39, 0.29) is 11.9 Å². The van der Waals surface area contributed by atoms with E-state index in [4.69, 9.17) is 9.97 Å². The summed E-state index contributed by atoms with van der Waals surface area (Å²) in [5.41, 5.74) is 2.86. The van der Waals surface area contributed by atoms with E-state index >= 15 is 0 Å². The highest BCUT2D eigenvalue weighted by Crippen LogP contribution is 2.24. The number of thioether (sulfide) groups is 1. The molecule has 1 aliphatic rings. The molecule has 2 aromatic rings. The number of benzene rings is 1. The molecule has 0 aliphatic carbocycles. The zero-order valence-electron chi connectivity index (χ0n) is 17.8. The SMILES string of the molecule is CCc1cc(N2CCN(C)CC2)nc(SCc2cccc(C(=O)NC(C)C)c2)n1. The number of nitrogens with zero attached hydrogens (tertiary/aromatic N) is 4. The molecule has 6 nitrogen and oxygen atoms in total. The lowest BCUT2D eigenvalue weighted by molar-refractivity contribution is 0.0943. The lowest BCUT2D eigenvalue weighted by atomic mass is 10.1. The van der Waals surface area contributed by atoms with Crippen molar-refractivity contribution < 1.29 is 4.79 Å². The van der Waals surface area contributed by atoms with Crippen LogP contribution >= 0.6 is 11.8 Å². The summed E-state index contributed by atoms with van der Waals surface area (Å²) in [6.07, 6.45) is 0.891. The summed E-state index contributed by atoms with van der Waals surface area (Å²) >= 11 is 1.63. The first-order chi connectivity index (χ1) is 13.9. The third-order valence-electron chi connectivity index (χ3n) is 4.91. The van der Waals surface area contributed by atoms with Crippen LogP contribution in [0.1, 0.15) is 42.4 Å². The molecule has 1 N–H and O–H groups in total. The minimum Gasteiger partial charge on any atom is -0.354 e. The molecule has 1 saturated heterocycles. The van der Waals surface area contributed by atoms with Gasteiger partial charge in [0.05, 0.1) is 0 Å². The first-order valence-electron chi connectivity index (χ1n) is 10.3. The molecule has 0 spiro atoms. The lowest BCUT2D eigenvalue weighted by Crippen LogP contribution is -2.44. The number of nitrogens with one attached hydrogen (secondary N) is 1. The number of rotatable bonds is 7. The van der Waals surface area contributed by atoms with E-state index in [9.17, 15) is 4.79 Å². The van der Waals surface area contributed by atoms with Crippen LogP contribution in [0.3, 0.4) is 0 Å². The highest BCUT2D eigenvalue weighted by atomic mass is 32.2. The maximum Gasteiger partial charge on any atom is 0.251 e. The number of hydrogen-bond acceptors (Lipinski definition) is 6. The standard InChI is InChI=1S/C22H31N5OS/c1-5-19-14-20(27-11-9-26(4)10-12-27)25-22(24-19)29-15-17-7-6-8-18(13-17)21(28)23-16(2)3/h6-8,13-14,16H,5,9-12,15H2,1-4H3,(H,23,28). The van der Waals surface area contributed by atoms with Gasteiger partial charge in [0.2, 0.25) is 0 Å². The van der Waals surface area contributed by atoms with Crippen LogP contribution in [0.4, 0.5) is 5.82 Å². The molecule has 3 rings (SSSR count). The molecule has 1 aliphatic heterocycles. The summed E-state index contributed by atoms with van der Waals surface area (Å²) in [5.74, 6) is 1.73. The Hall–Kier alpha value is -2.12. The van der Waals surface area contributed by atoms with Crippen LogP contribution < -0.4 is 10.2 Å². The molecule has 156 valence electrons. The van der Waals surface area contributed by atoms with Crippen molar-refractivity contribution in [2.75, 3.05) is 38.1 Å². The quantitative estimate of drug-likeness (QED) is 0.556. The van der Waals surface area contributed by atoms with Crippen molar-refractivity contribution in [2.24, 2.45) is 0 Å². The van der Waals surface area contributed by atoms with Crippen molar-refractivity contribution in [3.05, 3.63) is 47.2 Å². The summed E-state index contributed by atoms with van der Waals surface area (Å²) in [7, 11) is 2.16. The molecule has 7 heteroatoms. The predicted octanol–water partition coefficient (Wildman–Crippen LogP) is 3.22. The third kappa shape index (κ3) is 6.18. The van der Waals surface area contributed by atoms with Gasteiger partial charge in [-0.1, -0.05) is 30.8 Å². The van der Waals surface area contributed by atoms with Crippen molar-refractivity contribution >= 4 is 23.5 Å². The van der Waals surface area contributed by atoms with Crippen molar-refractivity contribution in [3.8, 4) is 0 Å². The first kappa shape index (κ1) is 21.6. The van der Waals surface area contributed by atoms with E-state index in [0.717, 1.165) is 60.6 Å². The Morgan fingerprint density at radius 2 is 1.93 bits per heavy atom. The van der Waals surface area contributed by atoms with Gasteiger partial charge in [-0.05, 0) is 45.0 Å². The van der Waals surface area contributed by atoms with E-state index in [1.807, 2.05) is 38.1 Å². The van der Waals surface area contributed by atoms with Crippen molar-refractivity contribution in [3.63, 3.8) is 0 Å². The van der Waals surface area contributed by atoms with Gasteiger partial charge in [-0.15, -0.1) is 0 Å². The molecule has 29 heavy (non-hydrogen) atoms. The monoisotopic (exact) mass is 413 g/mol. The van der Waals surface area contributed by atoms with Crippen molar-refractivity contribution in [2.45, 2.75) is 44.1 Å². The molecule has 2 heterocycles. The second kappa shape index (κ2) is 10.1. The first-order valence-corrected chi connectivity index (χ1v) is 11.3. The third-order valence-corrected chi connectivity index (χ3v) is 5.83. The Bertz CT molecular complexity index is 834. The second-order valence-corrected chi connectivity index (χ2v) is 8.70. The van der Waals surface area contributed by atoms with E-state index in [2.05, 4.69) is 35.2 Å².